The highest BCUT2D eigenvalue weighted by molar-refractivity contribution is 5.38. The molecule has 0 spiro atoms. The van der Waals surface area contributed by atoms with E-state index in [1.807, 2.05) is 6.20 Å². The van der Waals surface area contributed by atoms with Gasteiger partial charge in [-0.15, -0.1) is 0 Å². The standard InChI is InChI=1S/C21H30N2O3/c1-20(2)12-4-5-13-17(11(12)6-16(20)24)19(26)18(25)14-7-15-10(9-22-23-15)8-21(13,14)3/h9,13-14,16-19,24-26H,4-8H2,1-3H3,(H,22,23)/t13-,14+,16+,17?,18+,19+,21+/m0/s1. The number of nitrogens with zero attached hydrogens (tertiary/aromatic N) is 1. The summed E-state index contributed by atoms with van der Waals surface area (Å²) in [5, 5.41) is 40.1. The lowest BCUT2D eigenvalue weighted by molar-refractivity contribution is -0.160. The van der Waals surface area contributed by atoms with Gasteiger partial charge in [-0.25, -0.2) is 0 Å². The molecule has 7 atom stereocenters. The molecule has 4 N–H and O–H groups in total. The number of aliphatic hydroxyl groups excluding tert-OH is 3. The van der Waals surface area contributed by atoms with E-state index in [0.29, 0.717) is 12.3 Å². The quantitative estimate of drug-likeness (QED) is 0.534. The van der Waals surface area contributed by atoms with Crippen molar-refractivity contribution in [3.8, 4) is 0 Å². The molecule has 1 aromatic heterocycles. The Morgan fingerprint density at radius 1 is 1.08 bits per heavy atom. The van der Waals surface area contributed by atoms with Crippen molar-refractivity contribution in [3.05, 3.63) is 28.6 Å². The molecule has 1 heterocycles. The molecule has 0 bridgehead atoms. The summed E-state index contributed by atoms with van der Waals surface area (Å²) in [5.74, 6) is 0.363. The highest BCUT2D eigenvalue weighted by Crippen LogP contribution is 2.62. The summed E-state index contributed by atoms with van der Waals surface area (Å²) < 4.78 is 0. The van der Waals surface area contributed by atoms with Crippen LogP contribution in [0, 0.1) is 28.6 Å². The fraction of sp³-hybridized carbons (Fsp3) is 0.762. The average Bonchev–Trinajstić information content (AvgIpc) is 3.13. The Hall–Kier alpha value is -1.17. The third-order valence-corrected chi connectivity index (χ3v) is 8.58. The van der Waals surface area contributed by atoms with Crippen LogP contribution in [0.25, 0.3) is 0 Å². The van der Waals surface area contributed by atoms with E-state index in [1.165, 1.54) is 16.7 Å². The van der Waals surface area contributed by atoms with Crippen LogP contribution in [0.1, 0.15) is 51.3 Å². The Morgan fingerprint density at radius 2 is 1.85 bits per heavy atom. The number of aromatic amines is 1. The SMILES string of the molecule is CC1(C)C2=C(C[C@H]1O)C1[C@@H](O)[C@H](O)[C@H]3Cc4[nH]ncc4C[C@]3(C)[C@H]1CC2. The first-order valence-electron chi connectivity index (χ1n) is 10.0. The van der Waals surface area contributed by atoms with E-state index in [9.17, 15) is 15.3 Å². The zero-order valence-corrected chi connectivity index (χ0v) is 15.9. The molecule has 1 saturated carbocycles. The Morgan fingerprint density at radius 3 is 2.62 bits per heavy atom. The van der Waals surface area contributed by atoms with Gasteiger partial charge < -0.3 is 15.3 Å². The van der Waals surface area contributed by atoms with Crippen LogP contribution < -0.4 is 0 Å². The lowest BCUT2D eigenvalue weighted by Gasteiger charge is -2.59. The molecule has 26 heavy (non-hydrogen) atoms. The Labute approximate surface area is 154 Å². The predicted octanol–water partition coefficient (Wildman–Crippen LogP) is 1.98. The number of rotatable bonds is 0. The molecule has 142 valence electrons. The topological polar surface area (TPSA) is 89.4 Å². The number of H-pyrrole nitrogens is 1. The minimum absolute atomic E-state index is 0.0279. The van der Waals surface area contributed by atoms with Gasteiger partial charge in [-0.3, -0.25) is 5.10 Å². The minimum atomic E-state index is -0.742. The van der Waals surface area contributed by atoms with Crippen LogP contribution in [0.2, 0.25) is 0 Å². The van der Waals surface area contributed by atoms with Gasteiger partial charge in [-0.2, -0.15) is 5.10 Å². The van der Waals surface area contributed by atoms with E-state index in [4.69, 9.17) is 0 Å². The Bertz CT molecular complexity index is 782. The highest BCUT2D eigenvalue weighted by Gasteiger charge is 2.61. The first-order chi connectivity index (χ1) is 12.2. The first-order valence-corrected chi connectivity index (χ1v) is 10.0. The Kier molecular flexibility index (Phi) is 3.40. The molecule has 5 rings (SSSR count). The molecule has 4 aliphatic rings. The van der Waals surface area contributed by atoms with Crippen molar-refractivity contribution in [1.29, 1.82) is 0 Å². The van der Waals surface area contributed by atoms with E-state index in [-0.39, 0.29) is 28.8 Å². The number of hydrogen-bond donors (Lipinski definition) is 4. The number of aromatic nitrogens is 2. The van der Waals surface area contributed by atoms with Gasteiger partial charge in [0.05, 0.1) is 24.5 Å². The van der Waals surface area contributed by atoms with E-state index in [2.05, 4.69) is 31.0 Å². The summed E-state index contributed by atoms with van der Waals surface area (Å²) in [6.07, 6.45) is 4.42. The highest BCUT2D eigenvalue weighted by atomic mass is 16.3. The van der Waals surface area contributed by atoms with Crippen molar-refractivity contribution < 1.29 is 15.3 Å². The van der Waals surface area contributed by atoms with Gasteiger partial charge >= 0.3 is 0 Å². The molecule has 0 aliphatic heterocycles. The maximum atomic E-state index is 11.1. The summed E-state index contributed by atoms with van der Waals surface area (Å²) in [5.41, 5.74) is 4.69. The minimum Gasteiger partial charge on any atom is -0.392 e. The molecule has 0 radical (unpaired) electrons. The summed E-state index contributed by atoms with van der Waals surface area (Å²) >= 11 is 0. The fourth-order valence-electron chi connectivity index (χ4n) is 6.96. The molecule has 0 aromatic carbocycles. The summed E-state index contributed by atoms with van der Waals surface area (Å²) in [6, 6.07) is 0. The van der Waals surface area contributed by atoms with Crippen molar-refractivity contribution in [2.45, 2.75) is 71.2 Å². The second-order valence-electron chi connectivity index (χ2n) is 9.96. The van der Waals surface area contributed by atoms with Crippen molar-refractivity contribution >= 4 is 0 Å². The van der Waals surface area contributed by atoms with Gasteiger partial charge in [0, 0.05) is 17.0 Å². The largest absolute Gasteiger partial charge is 0.392 e. The van der Waals surface area contributed by atoms with Gasteiger partial charge in [0.1, 0.15) is 0 Å². The van der Waals surface area contributed by atoms with E-state index in [0.717, 1.165) is 31.4 Å². The number of aliphatic hydroxyl groups is 3. The average molecular weight is 358 g/mol. The predicted molar refractivity (Wildman–Crippen MR) is 97.3 cm³/mol. The summed E-state index contributed by atoms with van der Waals surface area (Å²) in [4.78, 5) is 0. The van der Waals surface area contributed by atoms with Crippen LogP contribution in [0.3, 0.4) is 0 Å². The smallest absolute Gasteiger partial charge is 0.0870 e. The van der Waals surface area contributed by atoms with Crippen LogP contribution >= 0.6 is 0 Å². The zero-order chi connectivity index (χ0) is 18.4. The van der Waals surface area contributed by atoms with Gasteiger partial charge in [0.15, 0.2) is 0 Å². The van der Waals surface area contributed by atoms with Gasteiger partial charge in [-0.1, -0.05) is 31.9 Å². The molecule has 1 aromatic rings. The molecular weight excluding hydrogens is 328 g/mol. The second-order valence-corrected chi connectivity index (χ2v) is 9.96. The van der Waals surface area contributed by atoms with Crippen molar-refractivity contribution in [1.82, 2.24) is 10.2 Å². The van der Waals surface area contributed by atoms with E-state index < -0.39 is 12.2 Å². The lowest BCUT2D eigenvalue weighted by atomic mass is 9.47. The fourth-order valence-corrected chi connectivity index (χ4v) is 6.96. The van der Waals surface area contributed by atoms with Gasteiger partial charge in [0.2, 0.25) is 0 Å². The second kappa shape index (κ2) is 5.21. The molecule has 0 saturated heterocycles. The molecule has 5 heteroatoms. The monoisotopic (exact) mass is 358 g/mol. The van der Waals surface area contributed by atoms with Crippen molar-refractivity contribution in [2.24, 2.45) is 28.6 Å². The van der Waals surface area contributed by atoms with Crippen molar-refractivity contribution in [3.63, 3.8) is 0 Å². The van der Waals surface area contributed by atoms with Crippen LogP contribution in [0.15, 0.2) is 17.3 Å². The Balaban J connectivity index is 1.61. The number of fused-ring (bicyclic) bond motifs is 5. The van der Waals surface area contributed by atoms with E-state index >= 15 is 0 Å². The molecular formula is C21H30N2O3. The van der Waals surface area contributed by atoms with Crippen LogP contribution in [-0.4, -0.2) is 43.8 Å². The number of hydrogen-bond acceptors (Lipinski definition) is 4. The normalized spacial score (nSPS) is 46.4. The molecule has 4 aliphatic carbocycles. The third kappa shape index (κ3) is 1.94. The molecule has 0 amide bonds. The third-order valence-electron chi connectivity index (χ3n) is 8.58. The maximum Gasteiger partial charge on any atom is 0.0870 e. The van der Waals surface area contributed by atoms with Gasteiger partial charge in [0.25, 0.3) is 0 Å². The lowest BCUT2D eigenvalue weighted by Crippen LogP contribution is -2.61. The molecule has 1 unspecified atom stereocenters. The van der Waals surface area contributed by atoms with Crippen LogP contribution in [-0.2, 0) is 12.8 Å². The maximum absolute atomic E-state index is 11.1. The van der Waals surface area contributed by atoms with Gasteiger partial charge in [-0.05, 0) is 54.9 Å². The first kappa shape index (κ1) is 17.0. The van der Waals surface area contributed by atoms with Crippen LogP contribution in [0.5, 0.6) is 0 Å². The molecule has 5 nitrogen and oxygen atoms in total. The van der Waals surface area contributed by atoms with Crippen molar-refractivity contribution in [2.75, 3.05) is 0 Å². The zero-order valence-electron chi connectivity index (χ0n) is 15.9. The van der Waals surface area contributed by atoms with E-state index in [1.54, 1.807) is 0 Å². The summed E-state index contributed by atoms with van der Waals surface area (Å²) in [6.45, 7) is 6.55. The van der Waals surface area contributed by atoms with Crippen LogP contribution in [0.4, 0.5) is 0 Å². The summed E-state index contributed by atoms with van der Waals surface area (Å²) in [7, 11) is 0. The molecule has 1 fully saturated rings. The number of nitrogens with one attached hydrogen (secondary N) is 1.